The van der Waals surface area contributed by atoms with Crippen LogP contribution in [0.25, 0.3) is 0 Å². The summed E-state index contributed by atoms with van der Waals surface area (Å²) in [5.41, 5.74) is 5.54. The van der Waals surface area contributed by atoms with Gasteiger partial charge in [-0.15, -0.1) is 10.2 Å². The predicted octanol–water partition coefficient (Wildman–Crippen LogP) is 2.25. The lowest BCUT2D eigenvalue weighted by Crippen LogP contribution is -2.50. The van der Waals surface area contributed by atoms with Gasteiger partial charge in [-0.2, -0.15) is 4.98 Å². The van der Waals surface area contributed by atoms with Crippen molar-refractivity contribution in [1.82, 2.24) is 29.9 Å². The summed E-state index contributed by atoms with van der Waals surface area (Å²) in [5.74, 6) is -0.944. The number of rotatable bonds is 6. The van der Waals surface area contributed by atoms with Crippen LogP contribution in [0.4, 0.5) is 37.1 Å². The maximum atomic E-state index is 15.3. The van der Waals surface area contributed by atoms with Crippen molar-refractivity contribution in [3.05, 3.63) is 29.7 Å². The molecular formula is C28H39FN10O4. The Bertz CT molecular complexity index is 1380. The first kappa shape index (κ1) is 30.0. The van der Waals surface area contributed by atoms with Gasteiger partial charge < -0.3 is 40.3 Å². The molecule has 232 valence electrons. The Morgan fingerprint density at radius 2 is 1.79 bits per heavy atom. The summed E-state index contributed by atoms with van der Waals surface area (Å²) in [6, 6.07) is 4.65. The van der Waals surface area contributed by atoms with Crippen LogP contribution >= 0.6 is 0 Å². The van der Waals surface area contributed by atoms with Crippen molar-refractivity contribution in [3.8, 4) is 0 Å². The molecule has 43 heavy (non-hydrogen) atoms. The zero-order valence-corrected chi connectivity index (χ0v) is 25.0. The van der Waals surface area contributed by atoms with Gasteiger partial charge in [0.1, 0.15) is 11.4 Å². The number of nitrogens with two attached hydrogens (primary N) is 1. The van der Waals surface area contributed by atoms with Crippen LogP contribution in [-0.2, 0) is 4.74 Å². The first-order valence-electron chi connectivity index (χ1n) is 14.5. The number of ether oxygens (including phenoxy) is 1. The van der Waals surface area contributed by atoms with Crippen LogP contribution in [0.15, 0.2) is 18.2 Å². The number of benzene rings is 1. The number of carbonyl (C=O) groups is 3. The van der Waals surface area contributed by atoms with Gasteiger partial charge in [0.15, 0.2) is 11.5 Å². The van der Waals surface area contributed by atoms with E-state index in [2.05, 4.69) is 20.5 Å². The molecule has 4 amide bonds. The number of likely N-dealkylation sites (N-methyl/N-ethyl adjacent to an activating group) is 1. The van der Waals surface area contributed by atoms with Crippen LogP contribution in [0, 0.1) is 5.82 Å². The Morgan fingerprint density at radius 3 is 2.42 bits per heavy atom. The van der Waals surface area contributed by atoms with E-state index in [1.165, 1.54) is 6.07 Å². The van der Waals surface area contributed by atoms with Gasteiger partial charge in [0.05, 0.1) is 11.7 Å². The lowest BCUT2D eigenvalue weighted by atomic mass is 10.0. The second-order valence-electron chi connectivity index (χ2n) is 12.1. The first-order valence-corrected chi connectivity index (χ1v) is 14.5. The van der Waals surface area contributed by atoms with E-state index in [1.807, 2.05) is 35.5 Å². The number of aromatic nitrogens is 3. The zero-order chi connectivity index (χ0) is 30.9. The monoisotopic (exact) mass is 598 g/mol. The first-order chi connectivity index (χ1) is 20.4. The molecule has 3 aliphatic heterocycles. The second-order valence-corrected chi connectivity index (χ2v) is 12.1. The van der Waals surface area contributed by atoms with Crippen molar-refractivity contribution >= 4 is 41.2 Å². The molecule has 0 spiro atoms. The molecule has 1 aromatic heterocycles. The molecule has 0 saturated carbocycles. The Labute approximate surface area is 249 Å². The average molecular weight is 599 g/mol. The van der Waals surface area contributed by atoms with Crippen molar-refractivity contribution in [2.75, 3.05) is 74.5 Å². The fourth-order valence-electron chi connectivity index (χ4n) is 5.54. The molecule has 1 aromatic carbocycles. The van der Waals surface area contributed by atoms with Crippen molar-refractivity contribution in [1.29, 1.82) is 0 Å². The third kappa shape index (κ3) is 6.81. The maximum Gasteiger partial charge on any atom is 0.410 e. The van der Waals surface area contributed by atoms with Gasteiger partial charge in [-0.3, -0.25) is 4.79 Å². The lowest BCUT2D eigenvalue weighted by Gasteiger charge is -2.37. The topological polar surface area (TPSA) is 153 Å². The molecule has 14 nitrogen and oxygen atoms in total. The van der Waals surface area contributed by atoms with E-state index >= 15 is 4.39 Å². The number of anilines is 4. The van der Waals surface area contributed by atoms with Crippen LogP contribution in [0.5, 0.6) is 0 Å². The summed E-state index contributed by atoms with van der Waals surface area (Å²) in [6.45, 7) is 9.71. The Morgan fingerprint density at radius 1 is 1.05 bits per heavy atom. The third-order valence-corrected chi connectivity index (χ3v) is 7.76. The van der Waals surface area contributed by atoms with Crippen LogP contribution in [0.1, 0.15) is 44.1 Å². The van der Waals surface area contributed by atoms with E-state index in [1.54, 1.807) is 29.0 Å². The Balaban J connectivity index is 1.27. The molecule has 0 radical (unpaired) electrons. The number of nitrogens with one attached hydrogen (secondary N) is 1. The van der Waals surface area contributed by atoms with Gasteiger partial charge in [-0.25, -0.2) is 14.0 Å². The highest BCUT2D eigenvalue weighted by Crippen LogP contribution is 2.28. The van der Waals surface area contributed by atoms with E-state index in [9.17, 15) is 14.4 Å². The molecule has 3 aliphatic rings. The van der Waals surface area contributed by atoms with E-state index < -0.39 is 17.3 Å². The number of carbonyl (C=O) groups excluding carboxylic acids is 3. The van der Waals surface area contributed by atoms with Gasteiger partial charge in [-0.05, 0) is 51.8 Å². The molecule has 0 bridgehead atoms. The summed E-state index contributed by atoms with van der Waals surface area (Å²) >= 11 is 0. The highest BCUT2D eigenvalue weighted by Gasteiger charge is 2.35. The van der Waals surface area contributed by atoms with Crippen LogP contribution in [-0.4, -0.2) is 119 Å². The van der Waals surface area contributed by atoms with Gasteiger partial charge in [0.25, 0.3) is 5.91 Å². The van der Waals surface area contributed by atoms with Crippen molar-refractivity contribution in [2.24, 2.45) is 5.73 Å². The fraction of sp³-hybridized carbons (Fsp3) is 0.571. The molecule has 0 unspecified atom stereocenters. The highest BCUT2D eigenvalue weighted by atomic mass is 19.1. The van der Waals surface area contributed by atoms with Gasteiger partial charge in [0.2, 0.25) is 5.95 Å². The molecular weight excluding hydrogens is 559 g/mol. The number of nitrogens with zero attached hydrogens (tertiary/aromatic N) is 8. The SMILES string of the molecule is CN1CCN([C@@H]2CCCN(c3nnc(C(N)=O)c(Nc4ccc(N5CCN(C(=O)OC(C)(C)C)CC5)c(F)c4)n3)C2)C1=O. The van der Waals surface area contributed by atoms with E-state index in [0.29, 0.717) is 63.7 Å². The minimum absolute atomic E-state index is 0.00715. The van der Waals surface area contributed by atoms with Crippen LogP contribution in [0.2, 0.25) is 0 Å². The molecule has 15 heteroatoms. The minimum atomic E-state index is -0.823. The number of halogens is 1. The average Bonchev–Trinajstić information content (AvgIpc) is 3.30. The smallest absolute Gasteiger partial charge is 0.410 e. The number of hydrogen-bond donors (Lipinski definition) is 2. The molecule has 4 heterocycles. The number of urea groups is 1. The molecule has 3 saturated heterocycles. The number of primary amides is 1. The quantitative estimate of drug-likeness (QED) is 0.506. The van der Waals surface area contributed by atoms with Crippen molar-refractivity contribution in [2.45, 2.75) is 45.3 Å². The standard InChI is InChI=1S/C28H39FN10O4/c1-28(2,3)43-27(42)37-13-11-36(12-14-37)21-8-7-18(16-20(21)29)31-24-22(23(30)40)33-34-25(32-24)38-9-5-6-19(17-38)39-15-10-35(4)26(39)41/h7-8,16,19H,5-6,9-15,17H2,1-4H3,(H2,30,40)(H,31,32,34)/t19-/m1/s1. The van der Waals surface area contributed by atoms with Crippen LogP contribution in [0.3, 0.4) is 0 Å². The van der Waals surface area contributed by atoms with Crippen LogP contribution < -0.4 is 20.9 Å². The summed E-state index contributed by atoms with van der Waals surface area (Å²) in [6.07, 6.45) is 1.32. The van der Waals surface area contributed by atoms with Crippen molar-refractivity contribution < 1.29 is 23.5 Å². The molecule has 3 N–H and O–H groups in total. The number of hydrogen-bond acceptors (Lipinski definition) is 10. The maximum absolute atomic E-state index is 15.3. The molecule has 3 fully saturated rings. The fourth-order valence-corrected chi connectivity index (χ4v) is 5.54. The number of piperazine rings is 1. The van der Waals surface area contributed by atoms with Gasteiger partial charge in [0, 0.05) is 65.1 Å². The molecule has 0 aliphatic carbocycles. The van der Waals surface area contributed by atoms with Gasteiger partial charge in [-0.1, -0.05) is 0 Å². The minimum Gasteiger partial charge on any atom is -0.444 e. The Hall–Kier alpha value is -4.43. The summed E-state index contributed by atoms with van der Waals surface area (Å²) in [4.78, 5) is 50.6. The molecule has 2 aromatic rings. The largest absolute Gasteiger partial charge is 0.444 e. The number of amides is 4. The summed E-state index contributed by atoms with van der Waals surface area (Å²) < 4.78 is 20.8. The lowest BCUT2D eigenvalue weighted by molar-refractivity contribution is 0.0240. The Kier molecular flexibility index (Phi) is 8.42. The normalized spacial score (nSPS) is 19.6. The van der Waals surface area contributed by atoms with Gasteiger partial charge >= 0.3 is 12.1 Å². The zero-order valence-electron chi connectivity index (χ0n) is 25.0. The third-order valence-electron chi connectivity index (χ3n) is 7.76. The number of piperidine rings is 1. The molecule has 5 rings (SSSR count). The summed E-state index contributed by atoms with van der Waals surface area (Å²) in [7, 11) is 1.79. The highest BCUT2D eigenvalue weighted by molar-refractivity contribution is 5.96. The van der Waals surface area contributed by atoms with E-state index in [0.717, 1.165) is 12.8 Å². The predicted molar refractivity (Wildman–Crippen MR) is 158 cm³/mol. The van der Waals surface area contributed by atoms with E-state index in [4.69, 9.17) is 10.5 Å². The molecule has 1 atom stereocenters. The second kappa shape index (κ2) is 12.1. The van der Waals surface area contributed by atoms with E-state index in [-0.39, 0.29) is 35.6 Å². The summed E-state index contributed by atoms with van der Waals surface area (Å²) in [5, 5.41) is 11.2. The van der Waals surface area contributed by atoms with Crippen molar-refractivity contribution in [3.63, 3.8) is 0 Å².